The molecule has 0 radical (unpaired) electrons. The van der Waals surface area contributed by atoms with E-state index >= 15 is 22.0 Å². The van der Waals surface area contributed by atoms with Crippen molar-refractivity contribution in [3.63, 3.8) is 0 Å². The highest BCUT2D eigenvalue weighted by Crippen LogP contribution is 2.48. The molecule has 0 aliphatic heterocycles. The number of hydrogen-bond donors (Lipinski definition) is 0. The summed E-state index contributed by atoms with van der Waals surface area (Å²) in [5.74, 6) is -1.80. The van der Waals surface area contributed by atoms with Crippen molar-refractivity contribution in [3.8, 4) is 33.9 Å². The van der Waals surface area contributed by atoms with Crippen LogP contribution in [0.5, 0.6) is 0 Å². The molecular weight excluding hydrogens is 884 g/mol. The predicted molar refractivity (Wildman–Crippen MR) is 274 cm³/mol. The van der Waals surface area contributed by atoms with Gasteiger partial charge in [0, 0.05) is 54.5 Å². The van der Waals surface area contributed by atoms with Gasteiger partial charge in [-0.15, -0.1) is 0 Å². The molecule has 0 spiro atoms. The van der Waals surface area contributed by atoms with Gasteiger partial charge in [-0.3, -0.25) is 0 Å². The summed E-state index contributed by atoms with van der Waals surface area (Å²) in [6.45, 7) is 0. The summed E-state index contributed by atoms with van der Waals surface area (Å²) in [7, 11) is 0. The molecule has 0 aliphatic carbocycles. The molecule has 4 nitrogen and oxygen atoms in total. The fraction of sp³-hybridized carbons (Fsp3) is 0.0164. The fourth-order valence-electron chi connectivity index (χ4n) is 11.3. The van der Waals surface area contributed by atoms with E-state index < -0.39 is 28.9 Å². The van der Waals surface area contributed by atoms with Crippen molar-refractivity contribution in [2.75, 3.05) is 0 Å². The van der Waals surface area contributed by atoms with E-state index in [1.807, 2.05) is 133 Å². The van der Waals surface area contributed by atoms with Crippen molar-refractivity contribution in [3.05, 3.63) is 230 Å². The maximum Gasteiger partial charge on any atom is 0.420 e. The number of aromatic nitrogens is 4. The number of alkyl halides is 3. The molecule has 4 aromatic heterocycles. The first-order valence-corrected chi connectivity index (χ1v) is 23.0. The number of fused-ring (bicyclic) bond motifs is 12. The number of rotatable bonds is 5. The number of halogens is 5. The molecule has 0 N–H and O–H groups in total. The number of hydrogen-bond acceptors (Lipinski definition) is 0. The SMILES string of the molecule is Fc1cccc(F)c1-c1cc(-n2c3ccccc3c3ccc(-n4c5ccccc5c5ccccc54)cc32)c(C(F)(F)F)c(-n2c3ccccc3c3ccc(-n4c5ccccc5c5ccccc54)cc32)c1. The molecule has 0 atom stereocenters. The Morgan fingerprint density at radius 3 is 0.914 bits per heavy atom. The quantitative estimate of drug-likeness (QED) is 0.153. The summed E-state index contributed by atoms with van der Waals surface area (Å²) in [4.78, 5) is 0. The predicted octanol–water partition coefficient (Wildman–Crippen LogP) is 17.0. The second-order valence-corrected chi connectivity index (χ2v) is 17.8. The van der Waals surface area contributed by atoms with E-state index in [1.165, 1.54) is 18.2 Å². The fourth-order valence-corrected chi connectivity index (χ4v) is 11.3. The average Bonchev–Trinajstić information content (AvgIpc) is 4.10. The van der Waals surface area contributed by atoms with Crippen molar-refractivity contribution < 1.29 is 22.0 Å². The molecule has 14 rings (SSSR count). The monoisotopic (exact) mass is 918 g/mol. The topological polar surface area (TPSA) is 19.7 Å². The van der Waals surface area contributed by atoms with Gasteiger partial charge in [0.05, 0.1) is 61.1 Å². The molecule has 14 aromatic rings. The average molecular weight is 919 g/mol. The van der Waals surface area contributed by atoms with Crippen LogP contribution in [0.25, 0.3) is 121 Å². The summed E-state index contributed by atoms with van der Waals surface area (Å²) in [6, 6.07) is 64.8. The zero-order valence-electron chi connectivity index (χ0n) is 36.9. The van der Waals surface area contributed by atoms with E-state index in [0.717, 1.165) is 77.9 Å². The molecule has 70 heavy (non-hydrogen) atoms. The van der Waals surface area contributed by atoms with E-state index in [2.05, 4.69) is 33.4 Å². The largest absolute Gasteiger partial charge is 0.420 e. The Morgan fingerprint density at radius 2 is 0.586 bits per heavy atom. The summed E-state index contributed by atoms with van der Waals surface area (Å²) < 4.78 is 90.8. The molecule has 9 heteroatoms. The van der Waals surface area contributed by atoms with E-state index in [9.17, 15) is 0 Å². The smallest absolute Gasteiger partial charge is 0.309 e. The Balaban J connectivity index is 1.13. The van der Waals surface area contributed by atoms with Gasteiger partial charge in [0.1, 0.15) is 17.2 Å². The third-order valence-corrected chi connectivity index (χ3v) is 14.1. The molecular formula is C61H35F5N4. The number of benzene rings is 10. The van der Waals surface area contributed by atoms with Gasteiger partial charge in [0.15, 0.2) is 0 Å². The Labute approximate surface area is 395 Å². The first-order chi connectivity index (χ1) is 34.2. The van der Waals surface area contributed by atoms with Crippen LogP contribution < -0.4 is 0 Å². The highest BCUT2D eigenvalue weighted by atomic mass is 19.4. The highest BCUT2D eigenvalue weighted by molar-refractivity contribution is 6.14. The maximum absolute atomic E-state index is 16.9. The van der Waals surface area contributed by atoms with Crippen LogP contribution >= 0.6 is 0 Å². The molecule has 0 bridgehead atoms. The van der Waals surface area contributed by atoms with Crippen LogP contribution in [0.3, 0.4) is 0 Å². The second-order valence-electron chi connectivity index (χ2n) is 17.8. The van der Waals surface area contributed by atoms with Crippen LogP contribution in [0.4, 0.5) is 22.0 Å². The molecule has 334 valence electrons. The third kappa shape index (κ3) is 5.69. The van der Waals surface area contributed by atoms with Gasteiger partial charge >= 0.3 is 6.18 Å². The van der Waals surface area contributed by atoms with Crippen molar-refractivity contribution in [2.24, 2.45) is 0 Å². The van der Waals surface area contributed by atoms with Gasteiger partial charge in [-0.1, -0.05) is 127 Å². The van der Waals surface area contributed by atoms with Crippen LogP contribution in [0.1, 0.15) is 5.56 Å². The second kappa shape index (κ2) is 14.8. The molecule has 4 heterocycles. The lowest BCUT2D eigenvalue weighted by Crippen LogP contribution is -2.16. The van der Waals surface area contributed by atoms with Crippen LogP contribution in [-0.2, 0) is 6.18 Å². The summed E-state index contributed by atoms with van der Waals surface area (Å²) in [5.41, 5.74) is 5.17. The van der Waals surface area contributed by atoms with Crippen LogP contribution in [0.2, 0.25) is 0 Å². The minimum Gasteiger partial charge on any atom is -0.309 e. The van der Waals surface area contributed by atoms with E-state index in [4.69, 9.17) is 0 Å². The van der Waals surface area contributed by atoms with E-state index in [1.54, 1.807) is 33.4 Å². The molecule has 0 amide bonds. The minimum atomic E-state index is -5.00. The Bertz CT molecular complexity index is 4130. The van der Waals surface area contributed by atoms with Crippen molar-refractivity contribution in [1.29, 1.82) is 0 Å². The van der Waals surface area contributed by atoms with Crippen LogP contribution in [0.15, 0.2) is 212 Å². The molecule has 10 aromatic carbocycles. The first-order valence-electron chi connectivity index (χ1n) is 23.0. The Hall–Kier alpha value is -8.95. The number of para-hydroxylation sites is 6. The van der Waals surface area contributed by atoms with Crippen molar-refractivity contribution >= 4 is 87.2 Å². The molecule has 0 saturated heterocycles. The zero-order valence-corrected chi connectivity index (χ0v) is 36.9. The van der Waals surface area contributed by atoms with Crippen molar-refractivity contribution in [1.82, 2.24) is 18.3 Å². The normalized spacial score (nSPS) is 12.4. The van der Waals surface area contributed by atoms with Gasteiger partial charge in [-0.2, -0.15) is 13.2 Å². The zero-order chi connectivity index (χ0) is 47.0. The molecule has 0 unspecified atom stereocenters. The van der Waals surface area contributed by atoms with E-state index in [0.29, 0.717) is 32.8 Å². The summed E-state index contributed by atoms with van der Waals surface area (Å²) >= 11 is 0. The van der Waals surface area contributed by atoms with Crippen molar-refractivity contribution in [2.45, 2.75) is 6.18 Å². The lowest BCUT2D eigenvalue weighted by atomic mass is 9.98. The standard InChI is InChI=1S/C61H35F5N4/c62-47-20-13-21-48(63)59(47)36-32-57(69-53-26-11-5-18-43(53)45-30-28-37(34-55(45)69)67-49-22-7-1-14-39(49)40-15-2-8-23-50(40)67)60(61(64,65)66)58(33-36)70-54-27-12-6-19-44(54)46-31-29-38(35-56(46)70)68-51-24-9-3-16-41(51)42-17-4-10-25-52(42)68/h1-35H. The maximum atomic E-state index is 16.9. The lowest BCUT2D eigenvalue weighted by Gasteiger charge is -2.23. The van der Waals surface area contributed by atoms with Gasteiger partial charge in [-0.05, 0) is 90.5 Å². The summed E-state index contributed by atoms with van der Waals surface area (Å²) in [5, 5.41) is 7.01. The first kappa shape index (κ1) is 40.1. The van der Waals surface area contributed by atoms with E-state index in [-0.39, 0.29) is 16.9 Å². The Kier molecular flexibility index (Phi) is 8.47. The highest BCUT2D eigenvalue weighted by Gasteiger charge is 2.40. The van der Waals surface area contributed by atoms with Gasteiger partial charge in [-0.25, -0.2) is 8.78 Å². The molecule has 0 fully saturated rings. The summed E-state index contributed by atoms with van der Waals surface area (Å²) in [6.07, 6.45) is -5.00. The van der Waals surface area contributed by atoms with Crippen LogP contribution in [-0.4, -0.2) is 18.3 Å². The third-order valence-electron chi connectivity index (χ3n) is 14.1. The van der Waals surface area contributed by atoms with Gasteiger partial charge in [0.25, 0.3) is 0 Å². The lowest BCUT2D eigenvalue weighted by molar-refractivity contribution is -0.137. The van der Waals surface area contributed by atoms with Gasteiger partial charge in [0.2, 0.25) is 0 Å². The molecule has 0 aliphatic rings. The minimum absolute atomic E-state index is 0.0532. The molecule has 0 saturated carbocycles. The number of nitrogens with zero attached hydrogens (tertiary/aromatic N) is 4. The van der Waals surface area contributed by atoms with Crippen LogP contribution in [0, 0.1) is 11.6 Å². The Morgan fingerprint density at radius 1 is 0.286 bits per heavy atom. The van der Waals surface area contributed by atoms with Gasteiger partial charge < -0.3 is 18.3 Å².